The number of benzene rings is 2. The highest BCUT2D eigenvalue weighted by molar-refractivity contribution is 7.91. The molecule has 0 saturated heterocycles. The summed E-state index contributed by atoms with van der Waals surface area (Å²) in [7, 11) is -1.35. The van der Waals surface area contributed by atoms with Gasteiger partial charge in [-0.1, -0.05) is 34.8 Å². The Balaban J connectivity index is 2.61. The molecular weight excluding hydrogens is 411 g/mol. The zero-order valence-electron chi connectivity index (χ0n) is 13.1. The lowest BCUT2D eigenvalue weighted by Gasteiger charge is -2.14. The van der Waals surface area contributed by atoms with Gasteiger partial charge in [0.2, 0.25) is 9.84 Å². The summed E-state index contributed by atoms with van der Waals surface area (Å²) >= 11 is 18.1. The minimum Gasteiger partial charge on any atom is -0.495 e. The maximum absolute atomic E-state index is 13.0. The van der Waals surface area contributed by atoms with E-state index in [4.69, 9.17) is 39.5 Å². The highest BCUT2D eigenvalue weighted by atomic mass is 35.5. The van der Waals surface area contributed by atoms with Gasteiger partial charge in [0, 0.05) is 17.8 Å². The van der Waals surface area contributed by atoms with Gasteiger partial charge in [0.1, 0.15) is 15.5 Å². The van der Waals surface area contributed by atoms with Crippen LogP contribution in [-0.4, -0.2) is 28.6 Å². The summed E-state index contributed by atoms with van der Waals surface area (Å²) in [5, 5.41) is 4.73. The smallest absolute Gasteiger partial charge is 0.318 e. The van der Waals surface area contributed by atoms with Crippen LogP contribution >= 0.6 is 34.8 Å². The molecule has 0 unspecified atom stereocenters. The molecule has 0 aliphatic heterocycles. The molecule has 2 aromatic rings. The molecule has 0 radical (unpaired) electrons. The van der Waals surface area contributed by atoms with Gasteiger partial charge < -0.3 is 15.4 Å². The van der Waals surface area contributed by atoms with Crippen molar-refractivity contribution in [2.24, 2.45) is 0 Å². The number of hydrogen-bond donors (Lipinski definition) is 2. The summed E-state index contributed by atoms with van der Waals surface area (Å²) in [4.78, 5) is 10.9. The molecule has 0 aliphatic carbocycles. The number of carbonyl (C=O) groups is 1. The van der Waals surface area contributed by atoms with E-state index >= 15 is 0 Å². The van der Waals surface area contributed by atoms with Crippen LogP contribution in [0.3, 0.4) is 0 Å². The van der Waals surface area contributed by atoms with E-state index in [9.17, 15) is 13.2 Å². The van der Waals surface area contributed by atoms with Crippen LogP contribution in [0.1, 0.15) is 0 Å². The molecule has 2 amide bonds. The van der Waals surface area contributed by atoms with Gasteiger partial charge in [-0.25, -0.2) is 13.2 Å². The minimum absolute atomic E-state index is 0.101. The predicted molar refractivity (Wildman–Crippen MR) is 98.0 cm³/mol. The molecule has 0 aliphatic rings. The van der Waals surface area contributed by atoms with Crippen LogP contribution < -0.4 is 15.4 Å². The maximum atomic E-state index is 13.0. The first-order valence-electron chi connectivity index (χ1n) is 6.77. The topological polar surface area (TPSA) is 84.5 Å². The summed E-state index contributed by atoms with van der Waals surface area (Å²) in [6.45, 7) is 0. The summed E-state index contributed by atoms with van der Waals surface area (Å²) < 4.78 is 31.1. The van der Waals surface area contributed by atoms with Gasteiger partial charge in [0.25, 0.3) is 0 Å². The summed E-state index contributed by atoms with van der Waals surface area (Å²) in [5.41, 5.74) is 0.242. The van der Waals surface area contributed by atoms with Crippen molar-refractivity contribution in [3.63, 3.8) is 0 Å². The molecule has 6 nitrogen and oxygen atoms in total. The van der Waals surface area contributed by atoms with Crippen LogP contribution in [0, 0.1) is 0 Å². The fourth-order valence-corrected chi connectivity index (χ4v) is 4.94. The van der Waals surface area contributed by atoms with Gasteiger partial charge in [0.15, 0.2) is 0 Å². The number of urea groups is 1. The number of halogens is 3. The highest BCUT2D eigenvalue weighted by Crippen LogP contribution is 2.39. The fraction of sp³-hybridized carbons (Fsp3) is 0.133. The zero-order valence-corrected chi connectivity index (χ0v) is 16.1. The average Bonchev–Trinajstić information content (AvgIpc) is 2.53. The van der Waals surface area contributed by atoms with E-state index < -0.39 is 15.9 Å². The van der Waals surface area contributed by atoms with E-state index in [0.717, 1.165) is 0 Å². The summed E-state index contributed by atoms with van der Waals surface area (Å²) in [6, 6.07) is 6.25. The van der Waals surface area contributed by atoms with Crippen molar-refractivity contribution in [3.8, 4) is 5.75 Å². The van der Waals surface area contributed by atoms with E-state index in [-0.39, 0.29) is 36.3 Å². The number of carbonyl (C=O) groups excluding carboxylic acids is 1. The molecule has 0 spiro atoms. The standard InChI is InChI=1S/C15H13Cl3N2O4S/c1-19-15(21)20-9-6-10(17)14(11(18)7-9)25(22,23)13-5-8(16)3-4-12(13)24-2/h3-7H,1-2H3,(H2,19,20,21). The van der Waals surface area contributed by atoms with Gasteiger partial charge in [-0.05, 0) is 30.3 Å². The Labute approximate surface area is 159 Å². The van der Waals surface area contributed by atoms with Crippen molar-refractivity contribution in [3.05, 3.63) is 45.4 Å². The third-order valence-electron chi connectivity index (χ3n) is 3.17. The number of sulfone groups is 1. The molecule has 0 saturated carbocycles. The second-order valence-corrected chi connectivity index (χ2v) is 7.88. The first-order valence-corrected chi connectivity index (χ1v) is 9.38. The summed E-state index contributed by atoms with van der Waals surface area (Å²) in [5.74, 6) is 0.101. The number of methoxy groups -OCH3 is 1. The van der Waals surface area contributed by atoms with Crippen molar-refractivity contribution in [1.82, 2.24) is 5.32 Å². The van der Waals surface area contributed by atoms with Crippen LogP contribution in [0.2, 0.25) is 15.1 Å². The number of hydrogen-bond acceptors (Lipinski definition) is 4. The highest BCUT2D eigenvalue weighted by Gasteiger charge is 2.28. The molecule has 10 heteroatoms. The number of amides is 2. The van der Waals surface area contributed by atoms with E-state index in [2.05, 4.69) is 10.6 Å². The minimum atomic E-state index is -4.12. The quantitative estimate of drug-likeness (QED) is 0.770. The van der Waals surface area contributed by atoms with E-state index in [0.29, 0.717) is 0 Å². The molecule has 2 rings (SSSR count). The lowest BCUT2D eigenvalue weighted by molar-refractivity contribution is 0.254. The molecule has 0 fully saturated rings. The van der Waals surface area contributed by atoms with Gasteiger partial charge >= 0.3 is 6.03 Å². The van der Waals surface area contributed by atoms with E-state index in [1.807, 2.05) is 0 Å². The SMILES string of the molecule is CNC(=O)Nc1cc(Cl)c(S(=O)(=O)c2cc(Cl)ccc2OC)c(Cl)c1. The van der Waals surface area contributed by atoms with Gasteiger partial charge in [-0.3, -0.25) is 0 Å². The Kier molecular flexibility index (Phi) is 6.05. The predicted octanol–water partition coefficient (Wildman–Crippen LogP) is 4.24. The second kappa shape index (κ2) is 7.70. The molecule has 0 aromatic heterocycles. The first kappa shape index (κ1) is 19.7. The van der Waals surface area contributed by atoms with Crippen molar-refractivity contribution < 1.29 is 17.9 Å². The van der Waals surface area contributed by atoms with Crippen LogP contribution in [0.5, 0.6) is 5.75 Å². The normalized spacial score (nSPS) is 11.1. The maximum Gasteiger partial charge on any atom is 0.318 e. The average molecular weight is 424 g/mol. The Bertz CT molecular complexity index is 909. The number of rotatable bonds is 4. The Morgan fingerprint density at radius 2 is 1.68 bits per heavy atom. The number of nitrogens with one attached hydrogen (secondary N) is 2. The number of anilines is 1. The molecule has 134 valence electrons. The van der Waals surface area contributed by atoms with Gasteiger partial charge in [-0.15, -0.1) is 0 Å². The van der Waals surface area contributed by atoms with E-state index in [1.165, 1.54) is 44.5 Å². The van der Waals surface area contributed by atoms with Gasteiger partial charge in [0.05, 0.1) is 17.2 Å². The third-order valence-corrected chi connectivity index (χ3v) is 6.10. The van der Waals surface area contributed by atoms with Crippen LogP contribution in [0.15, 0.2) is 40.1 Å². The zero-order chi connectivity index (χ0) is 18.8. The molecule has 25 heavy (non-hydrogen) atoms. The number of ether oxygens (including phenoxy) is 1. The van der Waals surface area contributed by atoms with Gasteiger partial charge in [-0.2, -0.15) is 0 Å². The fourth-order valence-electron chi connectivity index (χ4n) is 2.05. The van der Waals surface area contributed by atoms with Crippen LogP contribution in [-0.2, 0) is 9.84 Å². The van der Waals surface area contributed by atoms with Crippen molar-refractivity contribution >= 4 is 56.4 Å². The molecule has 2 aromatic carbocycles. The monoisotopic (exact) mass is 422 g/mol. The lowest BCUT2D eigenvalue weighted by atomic mass is 10.3. The Morgan fingerprint density at radius 3 is 2.20 bits per heavy atom. The largest absolute Gasteiger partial charge is 0.495 e. The molecular formula is C15H13Cl3N2O4S. The molecule has 0 bridgehead atoms. The third kappa shape index (κ3) is 4.12. The van der Waals surface area contributed by atoms with Crippen molar-refractivity contribution in [1.29, 1.82) is 0 Å². The Morgan fingerprint density at radius 1 is 1.08 bits per heavy atom. The first-order chi connectivity index (χ1) is 11.7. The van der Waals surface area contributed by atoms with Crippen molar-refractivity contribution in [2.75, 3.05) is 19.5 Å². The molecule has 2 N–H and O–H groups in total. The second-order valence-electron chi connectivity index (χ2n) is 4.77. The Hall–Kier alpha value is -1.67. The van der Waals surface area contributed by atoms with E-state index in [1.54, 1.807) is 0 Å². The van der Waals surface area contributed by atoms with Crippen LogP contribution in [0.4, 0.5) is 10.5 Å². The van der Waals surface area contributed by atoms with Crippen molar-refractivity contribution in [2.45, 2.75) is 9.79 Å². The molecule has 0 heterocycles. The molecule has 0 atom stereocenters. The lowest BCUT2D eigenvalue weighted by Crippen LogP contribution is -2.24. The summed E-state index contributed by atoms with van der Waals surface area (Å²) in [6.07, 6.45) is 0. The van der Waals surface area contributed by atoms with Crippen LogP contribution in [0.25, 0.3) is 0 Å².